The standard InChI is InChI=1S/C19H13ClN2O2S3/c20-14-3-1-2-12(6-14)18-21-15(10-26-18)7-17(23)24-8-16-11-27-19(22-16)13-4-5-25-9-13/h1-6,9-11H,7-8H2. The molecule has 0 aliphatic carbocycles. The summed E-state index contributed by atoms with van der Waals surface area (Å²) < 4.78 is 5.35. The predicted molar refractivity (Wildman–Crippen MR) is 111 cm³/mol. The number of aromatic nitrogens is 2. The van der Waals surface area contributed by atoms with Gasteiger partial charge in [0.2, 0.25) is 0 Å². The van der Waals surface area contributed by atoms with E-state index in [1.165, 1.54) is 11.3 Å². The van der Waals surface area contributed by atoms with Crippen molar-refractivity contribution in [1.29, 1.82) is 0 Å². The van der Waals surface area contributed by atoms with Gasteiger partial charge in [0.05, 0.1) is 17.8 Å². The Hall–Kier alpha value is -2.06. The summed E-state index contributed by atoms with van der Waals surface area (Å²) in [6, 6.07) is 9.53. The summed E-state index contributed by atoms with van der Waals surface area (Å²) in [4.78, 5) is 21.1. The number of carbonyl (C=O) groups is 1. The summed E-state index contributed by atoms with van der Waals surface area (Å²) in [5.41, 5.74) is 3.49. The van der Waals surface area contributed by atoms with Crippen LogP contribution in [0.4, 0.5) is 0 Å². The number of nitrogens with zero attached hydrogens (tertiary/aromatic N) is 2. The molecule has 0 amide bonds. The zero-order valence-corrected chi connectivity index (χ0v) is 17.1. The van der Waals surface area contributed by atoms with Crippen LogP contribution in [-0.2, 0) is 22.6 Å². The lowest BCUT2D eigenvalue weighted by atomic mass is 10.2. The molecule has 8 heteroatoms. The van der Waals surface area contributed by atoms with E-state index in [0.29, 0.717) is 10.7 Å². The van der Waals surface area contributed by atoms with Crippen molar-refractivity contribution in [2.75, 3.05) is 0 Å². The Morgan fingerprint density at radius 2 is 1.78 bits per heavy atom. The number of carbonyl (C=O) groups excluding carboxylic acids is 1. The van der Waals surface area contributed by atoms with Crippen LogP contribution in [0.3, 0.4) is 0 Å². The highest BCUT2D eigenvalue weighted by molar-refractivity contribution is 7.14. The number of rotatable bonds is 6. The van der Waals surface area contributed by atoms with E-state index >= 15 is 0 Å². The number of benzene rings is 1. The Balaban J connectivity index is 1.33. The summed E-state index contributed by atoms with van der Waals surface area (Å²) >= 11 is 10.7. The zero-order valence-electron chi connectivity index (χ0n) is 13.9. The molecule has 0 radical (unpaired) electrons. The van der Waals surface area contributed by atoms with E-state index in [1.54, 1.807) is 22.7 Å². The number of ether oxygens (including phenoxy) is 1. The fourth-order valence-corrected chi connectivity index (χ4v) is 4.91. The normalized spacial score (nSPS) is 10.9. The molecule has 0 spiro atoms. The minimum atomic E-state index is -0.317. The smallest absolute Gasteiger partial charge is 0.312 e. The molecule has 136 valence electrons. The van der Waals surface area contributed by atoms with Crippen molar-refractivity contribution < 1.29 is 9.53 Å². The van der Waals surface area contributed by atoms with Gasteiger partial charge in [-0.1, -0.05) is 23.7 Å². The van der Waals surface area contributed by atoms with Gasteiger partial charge in [0.25, 0.3) is 0 Å². The van der Waals surface area contributed by atoms with Crippen molar-refractivity contribution in [3.8, 4) is 21.1 Å². The van der Waals surface area contributed by atoms with Gasteiger partial charge in [-0.05, 0) is 23.6 Å². The summed E-state index contributed by atoms with van der Waals surface area (Å²) in [7, 11) is 0. The van der Waals surface area contributed by atoms with Crippen LogP contribution in [0.1, 0.15) is 11.4 Å². The fraction of sp³-hybridized carbons (Fsp3) is 0.105. The van der Waals surface area contributed by atoms with Crippen LogP contribution < -0.4 is 0 Å². The topological polar surface area (TPSA) is 52.1 Å². The molecule has 0 bridgehead atoms. The SMILES string of the molecule is O=C(Cc1csc(-c2cccc(Cl)c2)n1)OCc1csc(-c2ccsc2)n1. The second-order valence-corrected chi connectivity index (χ2v) is 8.58. The molecule has 0 aliphatic rings. The largest absolute Gasteiger partial charge is 0.459 e. The third-order valence-corrected chi connectivity index (χ3v) is 6.45. The first-order valence-electron chi connectivity index (χ1n) is 8.00. The number of thiazole rings is 2. The second-order valence-electron chi connectivity index (χ2n) is 5.65. The number of halogens is 1. The lowest BCUT2D eigenvalue weighted by molar-refractivity contribution is -0.144. The maximum atomic E-state index is 12.1. The maximum absolute atomic E-state index is 12.1. The van der Waals surface area contributed by atoms with E-state index in [1.807, 2.05) is 51.9 Å². The molecule has 3 aromatic heterocycles. The molecule has 1 aromatic carbocycles. The van der Waals surface area contributed by atoms with Crippen molar-refractivity contribution in [1.82, 2.24) is 9.97 Å². The average molecular weight is 433 g/mol. The van der Waals surface area contributed by atoms with E-state index in [2.05, 4.69) is 9.97 Å². The van der Waals surface area contributed by atoms with Crippen molar-refractivity contribution in [2.45, 2.75) is 13.0 Å². The molecule has 4 aromatic rings. The number of thiophene rings is 1. The van der Waals surface area contributed by atoms with E-state index in [-0.39, 0.29) is 19.0 Å². The van der Waals surface area contributed by atoms with Gasteiger partial charge in [-0.15, -0.1) is 22.7 Å². The summed E-state index contributed by atoms with van der Waals surface area (Å²) in [6.07, 6.45) is 0.137. The van der Waals surface area contributed by atoms with Gasteiger partial charge in [-0.25, -0.2) is 9.97 Å². The van der Waals surface area contributed by atoms with E-state index in [9.17, 15) is 4.79 Å². The van der Waals surface area contributed by atoms with Gasteiger partial charge in [0, 0.05) is 32.3 Å². The Kier molecular flexibility index (Phi) is 5.63. The van der Waals surface area contributed by atoms with Gasteiger partial charge >= 0.3 is 5.97 Å². The highest BCUT2D eigenvalue weighted by Gasteiger charge is 2.12. The Morgan fingerprint density at radius 1 is 1.00 bits per heavy atom. The van der Waals surface area contributed by atoms with Gasteiger partial charge in [-0.2, -0.15) is 11.3 Å². The fourth-order valence-electron chi connectivity index (χ4n) is 2.39. The first kappa shape index (κ1) is 18.3. The van der Waals surface area contributed by atoms with Gasteiger partial charge in [0.1, 0.15) is 16.6 Å². The van der Waals surface area contributed by atoms with Crippen LogP contribution in [-0.4, -0.2) is 15.9 Å². The monoisotopic (exact) mass is 432 g/mol. The van der Waals surface area contributed by atoms with Crippen molar-refractivity contribution >= 4 is 51.6 Å². The third kappa shape index (κ3) is 4.62. The average Bonchev–Trinajstić information content (AvgIpc) is 3.41. The molecule has 3 heterocycles. The van der Waals surface area contributed by atoms with Crippen molar-refractivity contribution in [3.63, 3.8) is 0 Å². The second kappa shape index (κ2) is 8.31. The van der Waals surface area contributed by atoms with Crippen molar-refractivity contribution in [2.24, 2.45) is 0 Å². The molecule has 4 rings (SSSR count). The van der Waals surface area contributed by atoms with E-state index in [4.69, 9.17) is 16.3 Å². The van der Waals surface area contributed by atoms with Crippen LogP contribution in [0, 0.1) is 0 Å². The third-order valence-electron chi connectivity index (χ3n) is 3.65. The van der Waals surface area contributed by atoms with Crippen LogP contribution in [0.15, 0.2) is 51.9 Å². The van der Waals surface area contributed by atoms with Gasteiger partial charge < -0.3 is 4.74 Å². The Labute approximate surface area is 173 Å². The summed E-state index contributed by atoms with van der Waals surface area (Å²) in [6.45, 7) is 0.171. The Bertz CT molecular complexity index is 1060. The highest BCUT2D eigenvalue weighted by atomic mass is 35.5. The minimum absolute atomic E-state index is 0.137. The van der Waals surface area contributed by atoms with E-state index < -0.39 is 0 Å². The Morgan fingerprint density at radius 3 is 2.56 bits per heavy atom. The number of hydrogen-bond donors (Lipinski definition) is 0. The molecule has 0 atom stereocenters. The molecule has 0 fully saturated rings. The zero-order chi connectivity index (χ0) is 18.6. The molecule has 4 nitrogen and oxygen atoms in total. The van der Waals surface area contributed by atoms with E-state index in [0.717, 1.165) is 26.8 Å². The molecule has 0 aliphatic heterocycles. The highest BCUT2D eigenvalue weighted by Crippen LogP contribution is 2.27. The molecule has 0 unspecified atom stereocenters. The molecule has 0 saturated heterocycles. The summed E-state index contributed by atoms with van der Waals surface area (Å²) in [5, 5.41) is 10.3. The predicted octanol–water partition coefficient (Wildman–Crippen LogP) is 5.93. The maximum Gasteiger partial charge on any atom is 0.312 e. The first-order valence-corrected chi connectivity index (χ1v) is 11.1. The number of hydrogen-bond acceptors (Lipinski definition) is 7. The molecule has 27 heavy (non-hydrogen) atoms. The van der Waals surface area contributed by atoms with Gasteiger partial charge in [-0.3, -0.25) is 4.79 Å². The quantitative estimate of drug-likeness (QED) is 0.354. The van der Waals surface area contributed by atoms with Crippen LogP contribution in [0.5, 0.6) is 0 Å². The number of esters is 1. The minimum Gasteiger partial charge on any atom is -0.459 e. The van der Waals surface area contributed by atoms with Crippen LogP contribution >= 0.6 is 45.6 Å². The molecule has 0 saturated carbocycles. The van der Waals surface area contributed by atoms with Crippen LogP contribution in [0.25, 0.3) is 21.1 Å². The molecular weight excluding hydrogens is 420 g/mol. The molecular formula is C19H13ClN2O2S3. The van der Waals surface area contributed by atoms with Crippen LogP contribution in [0.2, 0.25) is 5.02 Å². The lowest BCUT2D eigenvalue weighted by Crippen LogP contribution is -2.08. The van der Waals surface area contributed by atoms with Gasteiger partial charge in [0.15, 0.2) is 0 Å². The lowest BCUT2D eigenvalue weighted by Gasteiger charge is -2.01. The molecule has 0 N–H and O–H groups in total. The first-order chi connectivity index (χ1) is 13.2. The summed E-state index contributed by atoms with van der Waals surface area (Å²) in [5.74, 6) is -0.317. The van der Waals surface area contributed by atoms with Crippen molar-refractivity contribution in [3.05, 3.63) is 68.3 Å².